The van der Waals surface area contributed by atoms with Crippen LogP contribution in [0.3, 0.4) is 0 Å². The van der Waals surface area contributed by atoms with E-state index in [0.29, 0.717) is 6.42 Å². The van der Waals surface area contributed by atoms with Crippen LogP contribution in [0.5, 0.6) is 0 Å². The largest absolute Gasteiger partial charge is 0.480 e. The standard InChI is InChI=1S/C8H17N5O4/c1-13(12-8(10)17)5(6(14)15)3-2-4-11-7(9)16/h5H,2-4H2,1H3,(H,14,15)(H3,9,11,16)(H3,10,12,17)/t5-/m0/s1. The van der Waals surface area contributed by atoms with Crippen molar-refractivity contribution in [1.82, 2.24) is 15.8 Å². The van der Waals surface area contributed by atoms with Crippen LogP contribution in [0.2, 0.25) is 0 Å². The maximum Gasteiger partial charge on any atom is 0.326 e. The molecule has 0 saturated heterocycles. The van der Waals surface area contributed by atoms with E-state index in [-0.39, 0.29) is 13.0 Å². The van der Waals surface area contributed by atoms with Gasteiger partial charge in [0, 0.05) is 13.6 Å². The van der Waals surface area contributed by atoms with E-state index in [4.69, 9.17) is 16.6 Å². The van der Waals surface area contributed by atoms with Crippen LogP contribution in [0.4, 0.5) is 9.59 Å². The van der Waals surface area contributed by atoms with Crippen molar-refractivity contribution in [1.29, 1.82) is 0 Å². The van der Waals surface area contributed by atoms with E-state index >= 15 is 0 Å². The number of hydrogen-bond acceptors (Lipinski definition) is 4. The molecular formula is C8H17N5O4. The van der Waals surface area contributed by atoms with Crippen molar-refractivity contribution in [2.45, 2.75) is 18.9 Å². The summed E-state index contributed by atoms with van der Waals surface area (Å²) in [4.78, 5) is 31.8. The first-order valence-corrected chi connectivity index (χ1v) is 4.89. The fraction of sp³-hybridized carbons (Fsp3) is 0.625. The van der Waals surface area contributed by atoms with Gasteiger partial charge < -0.3 is 21.9 Å². The molecule has 0 radical (unpaired) electrons. The number of amides is 4. The van der Waals surface area contributed by atoms with Gasteiger partial charge in [0.25, 0.3) is 0 Å². The Balaban J connectivity index is 4.11. The molecular weight excluding hydrogens is 230 g/mol. The van der Waals surface area contributed by atoms with Crippen molar-refractivity contribution < 1.29 is 19.5 Å². The van der Waals surface area contributed by atoms with Crippen molar-refractivity contribution in [3.63, 3.8) is 0 Å². The Labute approximate surface area is 98.1 Å². The Bertz CT molecular complexity index is 296. The molecule has 4 amide bonds. The number of carbonyl (C=O) groups is 3. The number of aliphatic carboxylic acids is 1. The molecule has 0 heterocycles. The number of carboxylic acid groups (broad SMARTS) is 1. The third-order valence-electron chi connectivity index (χ3n) is 1.99. The maximum atomic E-state index is 10.9. The second-order valence-electron chi connectivity index (χ2n) is 3.37. The Morgan fingerprint density at radius 3 is 2.29 bits per heavy atom. The van der Waals surface area contributed by atoms with Gasteiger partial charge in [-0.25, -0.2) is 14.6 Å². The van der Waals surface area contributed by atoms with Gasteiger partial charge in [-0.2, -0.15) is 0 Å². The molecule has 9 heteroatoms. The molecule has 0 aromatic carbocycles. The van der Waals surface area contributed by atoms with E-state index in [1.165, 1.54) is 7.05 Å². The maximum absolute atomic E-state index is 10.9. The summed E-state index contributed by atoms with van der Waals surface area (Å²) in [7, 11) is 1.39. The van der Waals surface area contributed by atoms with Gasteiger partial charge in [-0.15, -0.1) is 0 Å². The zero-order chi connectivity index (χ0) is 13.4. The summed E-state index contributed by atoms with van der Waals surface area (Å²) in [5.41, 5.74) is 11.9. The van der Waals surface area contributed by atoms with Crippen LogP contribution in [0.15, 0.2) is 0 Å². The minimum Gasteiger partial charge on any atom is -0.480 e. The molecule has 0 saturated carbocycles. The number of urea groups is 2. The Hall–Kier alpha value is -2.03. The number of rotatable bonds is 7. The second kappa shape index (κ2) is 7.28. The van der Waals surface area contributed by atoms with Gasteiger partial charge in [0.05, 0.1) is 0 Å². The van der Waals surface area contributed by atoms with Crippen LogP contribution in [-0.4, -0.2) is 47.8 Å². The monoisotopic (exact) mass is 247 g/mol. The van der Waals surface area contributed by atoms with Gasteiger partial charge >= 0.3 is 18.0 Å². The lowest BCUT2D eigenvalue weighted by Gasteiger charge is -2.24. The minimum absolute atomic E-state index is 0.229. The lowest BCUT2D eigenvalue weighted by atomic mass is 10.1. The second-order valence-corrected chi connectivity index (χ2v) is 3.37. The average molecular weight is 247 g/mol. The highest BCUT2D eigenvalue weighted by Crippen LogP contribution is 2.03. The fourth-order valence-corrected chi connectivity index (χ4v) is 1.24. The molecule has 0 bridgehead atoms. The van der Waals surface area contributed by atoms with E-state index in [9.17, 15) is 14.4 Å². The molecule has 0 fully saturated rings. The summed E-state index contributed by atoms with van der Waals surface area (Å²) in [6.45, 7) is 0.267. The van der Waals surface area contributed by atoms with Crippen molar-refractivity contribution in [2.24, 2.45) is 11.5 Å². The quantitative estimate of drug-likeness (QED) is 0.271. The molecule has 0 aliphatic carbocycles. The van der Waals surface area contributed by atoms with Gasteiger partial charge in [0.15, 0.2) is 0 Å². The van der Waals surface area contributed by atoms with Crippen molar-refractivity contribution in [3.8, 4) is 0 Å². The molecule has 9 nitrogen and oxygen atoms in total. The predicted octanol–water partition coefficient (Wildman–Crippen LogP) is -1.60. The molecule has 98 valence electrons. The van der Waals surface area contributed by atoms with Gasteiger partial charge in [-0.3, -0.25) is 10.2 Å². The molecule has 0 unspecified atom stereocenters. The summed E-state index contributed by atoms with van der Waals surface area (Å²) in [5.74, 6) is -1.10. The number of carboxylic acids is 1. The number of likely N-dealkylation sites (N-methyl/N-ethyl adjacent to an activating group) is 1. The molecule has 0 aliphatic heterocycles. The summed E-state index contributed by atoms with van der Waals surface area (Å²) < 4.78 is 0. The van der Waals surface area contributed by atoms with Crippen molar-refractivity contribution in [3.05, 3.63) is 0 Å². The van der Waals surface area contributed by atoms with Crippen LogP contribution < -0.4 is 22.2 Å². The number of primary amides is 2. The van der Waals surface area contributed by atoms with Crippen LogP contribution >= 0.6 is 0 Å². The van der Waals surface area contributed by atoms with Gasteiger partial charge in [0.1, 0.15) is 6.04 Å². The fourth-order valence-electron chi connectivity index (χ4n) is 1.24. The summed E-state index contributed by atoms with van der Waals surface area (Å²) in [6.07, 6.45) is 0.636. The third kappa shape index (κ3) is 6.95. The van der Waals surface area contributed by atoms with E-state index < -0.39 is 24.1 Å². The summed E-state index contributed by atoms with van der Waals surface area (Å²) in [6, 6.07) is -2.42. The molecule has 0 spiro atoms. The zero-order valence-corrected chi connectivity index (χ0v) is 9.47. The Morgan fingerprint density at radius 1 is 1.29 bits per heavy atom. The molecule has 0 aromatic rings. The number of carbonyl (C=O) groups excluding carboxylic acids is 2. The number of hydrogen-bond donors (Lipinski definition) is 5. The average Bonchev–Trinajstić information content (AvgIpc) is 2.14. The van der Waals surface area contributed by atoms with E-state index in [1.807, 2.05) is 0 Å². The first kappa shape index (κ1) is 15.0. The van der Waals surface area contributed by atoms with E-state index in [1.54, 1.807) is 0 Å². The molecule has 1 atom stereocenters. The highest BCUT2D eigenvalue weighted by molar-refractivity contribution is 5.75. The highest BCUT2D eigenvalue weighted by atomic mass is 16.4. The molecule has 17 heavy (non-hydrogen) atoms. The zero-order valence-electron chi connectivity index (χ0n) is 9.47. The number of nitrogens with one attached hydrogen (secondary N) is 2. The molecule has 0 aromatic heterocycles. The SMILES string of the molecule is CN(NC(N)=O)[C@@H](CCCNC(N)=O)C(=O)O. The Kier molecular flexibility index (Phi) is 6.41. The smallest absolute Gasteiger partial charge is 0.326 e. The lowest BCUT2D eigenvalue weighted by Crippen LogP contribution is -2.51. The summed E-state index contributed by atoms with van der Waals surface area (Å²) >= 11 is 0. The first-order chi connectivity index (χ1) is 7.84. The first-order valence-electron chi connectivity index (χ1n) is 4.89. The molecule has 0 rings (SSSR count). The van der Waals surface area contributed by atoms with Crippen molar-refractivity contribution >= 4 is 18.0 Å². The van der Waals surface area contributed by atoms with Gasteiger partial charge in [0.2, 0.25) is 0 Å². The molecule has 7 N–H and O–H groups in total. The third-order valence-corrected chi connectivity index (χ3v) is 1.99. The highest BCUT2D eigenvalue weighted by Gasteiger charge is 2.22. The minimum atomic E-state index is -1.10. The van der Waals surface area contributed by atoms with Crippen LogP contribution in [0.1, 0.15) is 12.8 Å². The Morgan fingerprint density at radius 2 is 1.88 bits per heavy atom. The van der Waals surface area contributed by atoms with E-state index in [2.05, 4.69) is 10.7 Å². The van der Waals surface area contributed by atoms with Crippen LogP contribution in [0.25, 0.3) is 0 Å². The summed E-state index contributed by atoms with van der Waals surface area (Å²) in [5, 5.41) is 12.4. The van der Waals surface area contributed by atoms with Crippen LogP contribution in [-0.2, 0) is 4.79 Å². The number of nitrogens with zero attached hydrogens (tertiary/aromatic N) is 1. The topological polar surface area (TPSA) is 151 Å². The number of hydrazine groups is 1. The van der Waals surface area contributed by atoms with Gasteiger partial charge in [-0.1, -0.05) is 0 Å². The molecule has 0 aliphatic rings. The van der Waals surface area contributed by atoms with Crippen molar-refractivity contribution in [2.75, 3.05) is 13.6 Å². The van der Waals surface area contributed by atoms with Crippen LogP contribution in [0, 0.1) is 0 Å². The van der Waals surface area contributed by atoms with Gasteiger partial charge in [-0.05, 0) is 12.8 Å². The van der Waals surface area contributed by atoms with E-state index in [0.717, 1.165) is 5.01 Å². The number of nitrogens with two attached hydrogens (primary N) is 2. The predicted molar refractivity (Wildman–Crippen MR) is 58.7 cm³/mol. The normalized spacial score (nSPS) is 11.9. The lowest BCUT2D eigenvalue weighted by molar-refractivity contribution is -0.143.